The van der Waals surface area contributed by atoms with Crippen LogP contribution in [-0.4, -0.2) is 26.3 Å². The van der Waals surface area contributed by atoms with Gasteiger partial charge < -0.3 is 9.26 Å². The third-order valence-electron chi connectivity index (χ3n) is 6.34. The molecule has 0 saturated carbocycles. The van der Waals surface area contributed by atoms with Crippen LogP contribution in [0.5, 0.6) is 0 Å². The highest BCUT2D eigenvalue weighted by atomic mass is 19.1. The van der Waals surface area contributed by atoms with Gasteiger partial charge in [-0.2, -0.15) is 0 Å². The van der Waals surface area contributed by atoms with E-state index in [1.807, 2.05) is 69.3 Å². The summed E-state index contributed by atoms with van der Waals surface area (Å²) in [5.74, 6) is 0.509. The summed E-state index contributed by atoms with van der Waals surface area (Å²) in [6.45, 7) is 5.50. The number of aryl methyl sites for hydroxylation is 1. The lowest BCUT2D eigenvalue weighted by Crippen LogP contribution is -2.24. The molecule has 0 radical (unpaired) electrons. The maximum absolute atomic E-state index is 13.7. The molecule has 2 aromatic heterocycles. The Hall–Kier alpha value is -4.59. The number of hydrogen-bond acceptors (Lipinski definition) is 6. The quantitative estimate of drug-likeness (QED) is 0.157. The predicted molar refractivity (Wildman–Crippen MR) is 152 cm³/mol. The lowest BCUT2D eigenvalue weighted by Gasteiger charge is -2.19. The van der Waals surface area contributed by atoms with E-state index < -0.39 is 11.4 Å². The fourth-order valence-electron chi connectivity index (χ4n) is 4.51. The molecule has 204 valence electrons. The molecule has 0 amide bonds. The first-order valence-electron chi connectivity index (χ1n) is 13.2. The fourth-order valence-corrected chi connectivity index (χ4v) is 4.51. The number of nitrogens with zero attached hydrogens (tertiary/aromatic N) is 3. The van der Waals surface area contributed by atoms with Gasteiger partial charge in [-0.3, -0.25) is 14.2 Å². The molecule has 7 nitrogen and oxygen atoms in total. The van der Waals surface area contributed by atoms with Gasteiger partial charge in [-0.05, 0) is 70.0 Å². The number of ether oxygens (including phenoxy) is 1. The molecule has 0 spiro atoms. The first-order chi connectivity index (χ1) is 19.2. The zero-order valence-corrected chi connectivity index (χ0v) is 22.7. The molecule has 0 N–H and O–H groups in total. The molecule has 5 rings (SSSR count). The molecule has 0 unspecified atom stereocenters. The third kappa shape index (κ3) is 6.17. The molecule has 0 aliphatic heterocycles. The van der Waals surface area contributed by atoms with Crippen molar-refractivity contribution in [2.45, 2.75) is 52.1 Å². The molecular weight excluding hydrogens is 509 g/mol. The van der Waals surface area contributed by atoms with Crippen molar-refractivity contribution in [3.05, 3.63) is 101 Å². The van der Waals surface area contributed by atoms with Crippen molar-refractivity contribution in [2.24, 2.45) is 0 Å². The summed E-state index contributed by atoms with van der Waals surface area (Å²) in [5, 5.41) is 4.65. The van der Waals surface area contributed by atoms with Crippen LogP contribution in [0.1, 0.15) is 45.9 Å². The molecule has 5 aromatic rings. The van der Waals surface area contributed by atoms with Gasteiger partial charge in [0.15, 0.2) is 5.76 Å². The van der Waals surface area contributed by atoms with Crippen molar-refractivity contribution in [1.29, 1.82) is 0 Å². The highest BCUT2D eigenvalue weighted by Crippen LogP contribution is 2.28. The second kappa shape index (κ2) is 11.3. The second-order valence-electron chi connectivity index (χ2n) is 10.6. The van der Waals surface area contributed by atoms with E-state index in [1.54, 1.807) is 18.2 Å². The van der Waals surface area contributed by atoms with Gasteiger partial charge >= 0.3 is 5.97 Å². The minimum atomic E-state index is -0.538. The van der Waals surface area contributed by atoms with Gasteiger partial charge in [0, 0.05) is 30.0 Å². The Morgan fingerprint density at radius 1 is 0.950 bits per heavy atom. The van der Waals surface area contributed by atoms with Crippen molar-refractivity contribution in [2.75, 3.05) is 0 Å². The van der Waals surface area contributed by atoms with Crippen molar-refractivity contribution in [1.82, 2.24) is 14.7 Å². The Morgan fingerprint density at radius 3 is 2.42 bits per heavy atom. The van der Waals surface area contributed by atoms with Crippen LogP contribution >= 0.6 is 0 Å². The molecule has 3 aromatic carbocycles. The van der Waals surface area contributed by atoms with Crippen molar-refractivity contribution in [3.63, 3.8) is 0 Å². The zero-order chi connectivity index (χ0) is 28.3. The van der Waals surface area contributed by atoms with E-state index in [4.69, 9.17) is 14.2 Å². The van der Waals surface area contributed by atoms with Crippen molar-refractivity contribution >= 4 is 16.9 Å². The Bertz CT molecular complexity index is 1700. The highest BCUT2D eigenvalue weighted by molar-refractivity contribution is 5.83. The van der Waals surface area contributed by atoms with Crippen molar-refractivity contribution in [3.8, 4) is 28.3 Å². The number of aromatic nitrogens is 3. The minimum absolute atomic E-state index is 0.254. The maximum Gasteiger partial charge on any atom is 0.306 e. The summed E-state index contributed by atoms with van der Waals surface area (Å²) in [5.41, 5.74) is 2.56. The van der Waals surface area contributed by atoms with Gasteiger partial charge in [0.05, 0.1) is 16.6 Å². The number of hydrogen-bond donors (Lipinski definition) is 0. The molecule has 0 fully saturated rings. The lowest BCUT2D eigenvalue weighted by molar-refractivity contribution is -0.154. The van der Waals surface area contributed by atoms with Crippen LogP contribution in [0.25, 0.3) is 39.2 Å². The average molecular weight is 540 g/mol. The normalized spacial score (nSPS) is 11.6. The number of halogens is 1. The molecule has 0 saturated heterocycles. The van der Waals surface area contributed by atoms with Gasteiger partial charge in [0.25, 0.3) is 5.56 Å². The van der Waals surface area contributed by atoms with E-state index in [2.05, 4.69) is 5.16 Å². The topological polar surface area (TPSA) is 87.2 Å². The number of rotatable bonds is 8. The largest absolute Gasteiger partial charge is 0.460 e. The number of esters is 1. The standard InChI is InChI=1S/C32H30FN3O4/c1-32(2,3)39-30(37)12-8-7-11-29-34-27-19-22(26-20-28(40-35-26)21-9-5-4-6-10-21)13-18-25(27)31(38)36(29)24-16-14-23(33)15-17-24/h4-6,9-10,13-20H,7-8,11-12H2,1-3H3. The second-order valence-corrected chi connectivity index (χ2v) is 10.6. The molecule has 0 atom stereocenters. The van der Waals surface area contributed by atoms with Crippen LogP contribution in [0.15, 0.2) is 88.2 Å². The van der Waals surface area contributed by atoms with E-state index in [9.17, 15) is 14.0 Å². The monoisotopic (exact) mass is 539 g/mol. The molecule has 0 bridgehead atoms. The molecule has 0 aliphatic rings. The Balaban J connectivity index is 1.47. The van der Waals surface area contributed by atoms with Crippen LogP contribution in [0.3, 0.4) is 0 Å². The van der Waals surface area contributed by atoms with Gasteiger partial charge in [-0.15, -0.1) is 0 Å². The van der Waals surface area contributed by atoms with E-state index in [-0.39, 0.29) is 17.9 Å². The first-order valence-corrected chi connectivity index (χ1v) is 13.2. The number of carbonyl (C=O) groups excluding carboxylic acids is 1. The number of fused-ring (bicyclic) bond motifs is 1. The number of unbranched alkanes of at least 4 members (excludes halogenated alkanes) is 1. The number of benzene rings is 3. The molecule has 40 heavy (non-hydrogen) atoms. The molecule has 2 heterocycles. The SMILES string of the molecule is CC(C)(C)OC(=O)CCCCc1nc2cc(-c3cc(-c4ccccc4)on3)ccc2c(=O)n1-c1ccc(F)cc1. The molecule has 8 heteroatoms. The Labute approximate surface area is 231 Å². The summed E-state index contributed by atoms with van der Waals surface area (Å²) in [6.07, 6.45) is 1.90. The van der Waals surface area contributed by atoms with Crippen LogP contribution in [0, 0.1) is 5.82 Å². The summed E-state index contributed by atoms with van der Waals surface area (Å²) in [4.78, 5) is 30.7. The van der Waals surface area contributed by atoms with E-state index >= 15 is 0 Å². The van der Waals surface area contributed by atoms with Crippen LogP contribution in [0.2, 0.25) is 0 Å². The van der Waals surface area contributed by atoms with Crippen molar-refractivity contribution < 1.29 is 18.4 Å². The average Bonchev–Trinajstić information content (AvgIpc) is 3.42. The fraction of sp³-hybridized carbons (Fsp3) is 0.250. The van der Waals surface area contributed by atoms with Crippen LogP contribution < -0.4 is 5.56 Å². The van der Waals surface area contributed by atoms with E-state index in [0.29, 0.717) is 53.1 Å². The van der Waals surface area contributed by atoms with E-state index in [0.717, 1.165) is 11.1 Å². The summed E-state index contributed by atoms with van der Waals surface area (Å²) in [6, 6.07) is 22.6. The first kappa shape index (κ1) is 27.0. The Morgan fingerprint density at radius 2 is 1.70 bits per heavy atom. The maximum atomic E-state index is 13.7. The molecular formula is C32H30FN3O4. The molecule has 0 aliphatic carbocycles. The van der Waals surface area contributed by atoms with Gasteiger partial charge in [-0.1, -0.05) is 41.6 Å². The lowest BCUT2D eigenvalue weighted by atomic mass is 10.1. The van der Waals surface area contributed by atoms with Crippen LogP contribution in [0.4, 0.5) is 4.39 Å². The third-order valence-corrected chi connectivity index (χ3v) is 6.34. The van der Waals surface area contributed by atoms with Gasteiger partial charge in [0.1, 0.15) is 22.9 Å². The Kier molecular flexibility index (Phi) is 7.60. The highest BCUT2D eigenvalue weighted by Gasteiger charge is 2.18. The van der Waals surface area contributed by atoms with E-state index in [1.165, 1.54) is 16.7 Å². The van der Waals surface area contributed by atoms with Crippen LogP contribution in [-0.2, 0) is 16.0 Å². The minimum Gasteiger partial charge on any atom is -0.460 e. The zero-order valence-electron chi connectivity index (χ0n) is 22.7. The smallest absolute Gasteiger partial charge is 0.306 e. The summed E-state index contributed by atoms with van der Waals surface area (Å²) >= 11 is 0. The summed E-state index contributed by atoms with van der Waals surface area (Å²) in [7, 11) is 0. The van der Waals surface area contributed by atoms with Gasteiger partial charge in [-0.25, -0.2) is 9.37 Å². The number of carbonyl (C=O) groups is 1. The van der Waals surface area contributed by atoms with Gasteiger partial charge in [0.2, 0.25) is 0 Å². The predicted octanol–water partition coefficient (Wildman–Crippen LogP) is 6.90. The summed E-state index contributed by atoms with van der Waals surface area (Å²) < 4.78 is 26.1.